The van der Waals surface area contributed by atoms with Crippen LogP contribution in [0.5, 0.6) is 0 Å². The van der Waals surface area contributed by atoms with E-state index in [-0.39, 0.29) is 6.09 Å². The summed E-state index contributed by atoms with van der Waals surface area (Å²) in [6, 6.07) is 3.79. The third kappa shape index (κ3) is 5.77. The molecule has 1 saturated heterocycles. The molecule has 1 aliphatic rings. The van der Waals surface area contributed by atoms with Crippen LogP contribution in [-0.2, 0) is 14.3 Å². The van der Waals surface area contributed by atoms with Gasteiger partial charge in [0.05, 0.1) is 7.11 Å². The van der Waals surface area contributed by atoms with Gasteiger partial charge in [0.1, 0.15) is 11.4 Å². The summed E-state index contributed by atoms with van der Waals surface area (Å²) < 4.78 is 9.95. The number of hydrogen-bond donors (Lipinski definition) is 0. The van der Waals surface area contributed by atoms with Crippen LogP contribution >= 0.6 is 0 Å². The fourth-order valence-electron chi connectivity index (χ4n) is 2.36. The molecule has 0 atom stereocenters. The molecule has 1 aromatic heterocycles. The summed E-state index contributed by atoms with van der Waals surface area (Å²) in [4.78, 5) is 31.4. The molecule has 1 aromatic rings. The minimum atomic E-state index is -0.483. The highest BCUT2D eigenvalue weighted by Gasteiger charge is 2.26. The second-order valence-electron chi connectivity index (χ2n) is 6.76. The van der Waals surface area contributed by atoms with E-state index in [2.05, 4.69) is 14.6 Å². The number of pyridine rings is 1. The number of nitrogens with zero attached hydrogens (tertiary/aromatic N) is 3. The fourth-order valence-corrected chi connectivity index (χ4v) is 2.36. The van der Waals surface area contributed by atoms with E-state index >= 15 is 0 Å². The Morgan fingerprint density at radius 1 is 1.16 bits per heavy atom. The third-order valence-corrected chi connectivity index (χ3v) is 3.64. The summed E-state index contributed by atoms with van der Waals surface area (Å²) in [5.74, 6) is 0.446. The Morgan fingerprint density at radius 2 is 1.84 bits per heavy atom. The molecule has 0 spiro atoms. The van der Waals surface area contributed by atoms with E-state index in [4.69, 9.17) is 4.74 Å². The lowest BCUT2D eigenvalue weighted by atomic mass is 10.2. The number of aromatic nitrogens is 1. The van der Waals surface area contributed by atoms with Crippen molar-refractivity contribution in [2.75, 3.05) is 38.2 Å². The average Bonchev–Trinajstić information content (AvgIpc) is 2.59. The normalized spacial score (nSPS) is 15.4. The lowest BCUT2D eigenvalue weighted by Crippen LogP contribution is -2.50. The molecule has 0 aliphatic carbocycles. The fraction of sp³-hybridized carbons (Fsp3) is 0.500. The van der Waals surface area contributed by atoms with Gasteiger partial charge in [0, 0.05) is 38.5 Å². The maximum Gasteiger partial charge on any atom is 0.410 e. The van der Waals surface area contributed by atoms with Crippen LogP contribution in [0.1, 0.15) is 26.3 Å². The molecule has 0 bridgehead atoms. The number of carbonyl (C=O) groups excluding carboxylic acids is 2. The molecule has 0 unspecified atom stereocenters. The van der Waals surface area contributed by atoms with Crippen molar-refractivity contribution in [2.45, 2.75) is 26.4 Å². The zero-order chi connectivity index (χ0) is 18.4. The summed E-state index contributed by atoms with van der Waals surface area (Å²) in [7, 11) is 1.34. The van der Waals surface area contributed by atoms with Gasteiger partial charge < -0.3 is 19.3 Å². The van der Waals surface area contributed by atoms with Crippen LogP contribution in [0, 0.1) is 0 Å². The lowest BCUT2D eigenvalue weighted by molar-refractivity contribution is -0.134. The van der Waals surface area contributed by atoms with E-state index in [1.807, 2.05) is 32.9 Å². The van der Waals surface area contributed by atoms with Gasteiger partial charge in [0.2, 0.25) is 0 Å². The lowest BCUT2D eigenvalue weighted by Gasteiger charge is -2.36. The molecule has 0 aromatic carbocycles. The largest absolute Gasteiger partial charge is 0.466 e. The first-order valence-corrected chi connectivity index (χ1v) is 8.23. The number of ether oxygens (including phenoxy) is 2. The molecule has 136 valence electrons. The van der Waals surface area contributed by atoms with Gasteiger partial charge in [-0.15, -0.1) is 0 Å². The van der Waals surface area contributed by atoms with Crippen molar-refractivity contribution >= 4 is 24.0 Å². The Bertz CT molecular complexity index is 627. The van der Waals surface area contributed by atoms with Gasteiger partial charge in [0.25, 0.3) is 0 Å². The maximum atomic E-state index is 12.1. The Kier molecular flexibility index (Phi) is 6.01. The summed E-state index contributed by atoms with van der Waals surface area (Å²) >= 11 is 0. The van der Waals surface area contributed by atoms with Crippen molar-refractivity contribution in [1.82, 2.24) is 9.88 Å². The minimum Gasteiger partial charge on any atom is -0.466 e. The smallest absolute Gasteiger partial charge is 0.410 e. The van der Waals surface area contributed by atoms with Gasteiger partial charge >= 0.3 is 12.1 Å². The highest BCUT2D eigenvalue weighted by Crippen LogP contribution is 2.16. The molecule has 25 heavy (non-hydrogen) atoms. The van der Waals surface area contributed by atoms with Crippen LogP contribution in [0.3, 0.4) is 0 Å². The summed E-state index contributed by atoms with van der Waals surface area (Å²) in [5, 5.41) is 0. The van der Waals surface area contributed by atoms with Crippen molar-refractivity contribution in [3.8, 4) is 0 Å². The second kappa shape index (κ2) is 8.00. The van der Waals surface area contributed by atoms with Crippen molar-refractivity contribution in [3.05, 3.63) is 30.0 Å². The minimum absolute atomic E-state index is 0.275. The first kappa shape index (κ1) is 18.8. The van der Waals surface area contributed by atoms with E-state index in [0.29, 0.717) is 26.2 Å². The quantitative estimate of drug-likeness (QED) is 0.617. The van der Waals surface area contributed by atoms with E-state index in [0.717, 1.165) is 11.4 Å². The zero-order valence-corrected chi connectivity index (χ0v) is 15.2. The van der Waals surface area contributed by atoms with E-state index in [1.165, 1.54) is 13.2 Å². The predicted molar refractivity (Wildman–Crippen MR) is 95.3 cm³/mol. The Balaban J connectivity index is 1.89. The van der Waals surface area contributed by atoms with Gasteiger partial charge in [-0.1, -0.05) is 0 Å². The molecular weight excluding hydrogens is 322 g/mol. The highest BCUT2D eigenvalue weighted by molar-refractivity contribution is 5.86. The average molecular weight is 347 g/mol. The summed E-state index contributed by atoms with van der Waals surface area (Å²) in [6.45, 7) is 8.18. The highest BCUT2D eigenvalue weighted by atomic mass is 16.6. The number of piperazine rings is 1. The molecule has 7 nitrogen and oxygen atoms in total. The van der Waals surface area contributed by atoms with Crippen LogP contribution in [0.15, 0.2) is 24.4 Å². The SMILES string of the molecule is COC(=O)C=Cc1ccc(N2CCN(C(=O)OC(C)(C)C)CC2)nc1. The molecule has 2 rings (SSSR count). The van der Waals surface area contributed by atoms with Crippen molar-refractivity contribution < 1.29 is 19.1 Å². The van der Waals surface area contributed by atoms with E-state index in [9.17, 15) is 9.59 Å². The van der Waals surface area contributed by atoms with E-state index < -0.39 is 11.6 Å². The van der Waals surface area contributed by atoms with Crippen LogP contribution in [0.2, 0.25) is 0 Å². The number of hydrogen-bond acceptors (Lipinski definition) is 6. The maximum absolute atomic E-state index is 12.1. The summed E-state index contributed by atoms with van der Waals surface area (Å²) in [5.41, 5.74) is 0.338. The topological polar surface area (TPSA) is 72.0 Å². The second-order valence-corrected chi connectivity index (χ2v) is 6.76. The monoisotopic (exact) mass is 347 g/mol. The summed E-state index contributed by atoms with van der Waals surface area (Å²) in [6.07, 6.45) is 4.44. The van der Waals surface area contributed by atoms with Gasteiger partial charge in [-0.25, -0.2) is 14.6 Å². The van der Waals surface area contributed by atoms with Gasteiger partial charge in [-0.05, 0) is 44.5 Å². The first-order valence-electron chi connectivity index (χ1n) is 8.23. The molecule has 7 heteroatoms. The molecular formula is C18H25N3O4. The van der Waals surface area contributed by atoms with Gasteiger partial charge in [-0.3, -0.25) is 0 Å². The molecule has 1 aliphatic heterocycles. The number of methoxy groups -OCH3 is 1. The number of esters is 1. The molecule has 1 amide bonds. The van der Waals surface area contributed by atoms with E-state index in [1.54, 1.807) is 17.2 Å². The number of rotatable bonds is 3. The van der Waals surface area contributed by atoms with Crippen LogP contribution in [0.25, 0.3) is 6.08 Å². The van der Waals surface area contributed by atoms with Crippen molar-refractivity contribution in [3.63, 3.8) is 0 Å². The van der Waals surface area contributed by atoms with Gasteiger partial charge in [0.15, 0.2) is 0 Å². The molecule has 2 heterocycles. The Hall–Kier alpha value is -2.57. The first-order chi connectivity index (χ1) is 11.8. The number of amides is 1. The standard InChI is InChI=1S/C18H25N3O4/c1-18(2,3)25-17(23)21-11-9-20(10-12-21)15-7-5-14(13-19-15)6-8-16(22)24-4/h5-8,13H,9-12H2,1-4H3. The van der Waals surface area contributed by atoms with Gasteiger partial charge in [-0.2, -0.15) is 0 Å². The van der Waals surface area contributed by atoms with Crippen LogP contribution < -0.4 is 4.90 Å². The van der Waals surface area contributed by atoms with Crippen LogP contribution in [0.4, 0.5) is 10.6 Å². The van der Waals surface area contributed by atoms with Crippen molar-refractivity contribution in [1.29, 1.82) is 0 Å². The Labute approximate surface area is 148 Å². The number of carbonyl (C=O) groups is 2. The van der Waals surface area contributed by atoms with Crippen molar-refractivity contribution in [2.24, 2.45) is 0 Å². The zero-order valence-electron chi connectivity index (χ0n) is 15.2. The third-order valence-electron chi connectivity index (χ3n) is 3.64. The molecule has 0 radical (unpaired) electrons. The molecule has 0 N–H and O–H groups in total. The predicted octanol–water partition coefficient (Wildman–Crippen LogP) is 2.32. The Morgan fingerprint density at radius 3 is 2.36 bits per heavy atom. The molecule has 1 fully saturated rings. The number of anilines is 1. The van der Waals surface area contributed by atoms with Crippen LogP contribution in [-0.4, -0.2) is 60.8 Å². The molecule has 0 saturated carbocycles.